The monoisotopic (exact) mass is 269 g/mol. The highest BCUT2D eigenvalue weighted by molar-refractivity contribution is 7.07. The molecule has 1 N–H and O–H groups in total. The van der Waals surface area contributed by atoms with E-state index in [0.29, 0.717) is 6.04 Å². The summed E-state index contributed by atoms with van der Waals surface area (Å²) in [5.41, 5.74) is 3.48. The zero-order chi connectivity index (χ0) is 13.1. The molecular weight excluding hydrogens is 254 g/mol. The summed E-state index contributed by atoms with van der Waals surface area (Å²) in [6.45, 7) is 2.17. The molecule has 0 bridgehead atoms. The van der Waals surface area contributed by atoms with E-state index in [-0.39, 0.29) is 0 Å². The van der Waals surface area contributed by atoms with Crippen molar-refractivity contribution >= 4 is 17.0 Å². The minimum Gasteiger partial charge on any atom is -0.378 e. The van der Waals surface area contributed by atoms with Crippen LogP contribution in [0.1, 0.15) is 18.5 Å². The third kappa shape index (κ3) is 2.69. The molecule has 3 rings (SSSR count). The van der Waals surface area contributed by atoms with E-state index >= 15 is 0 Å². The van der Waals surface area contributed by atoms with Crippen molar-refractivity contribution in [1.29, 1.82) is 0 Å². The molecule has 0 amide bonds. The van der Waals surface area contributed by atoms with Crippen LogP contribution in [0.5, 0.6) is 0 Å². The molecule has 1 aromatic carbocycles. The fourth-order valence-electron chi connectivity index (χ4n) is 2.01. The zero-order valence-electron chi connectivity index (χ0n) is 10.7. The second-order valence-corrected chi connectivity index (χ2v) is 5.20. The van der Waals surface area contributed by atoms with Gasteiger partial charge in [-0.25, -0.2) is 4.68 Å². The van der Waals surface area contributed by atoms with Crippen LogP contribution in [0.15, 0.2) is 59.6 Å². The van der Waals surface area contributed by atoms with Crippen LogP contribution in [0.3, 0.4) is 0 Å². The Morgan fingerprint density at radius 2 is 2.21 bits per heavy atom. The first-order valence-electron chi connectivity index (χ1n) is 6.21. The minimum absolute atomic E-state index is 0.305. The number of nitrogens with one attached hydrogen (secondary N) is 1. The van der Waals surface area contributed by atoms with Gasteiger partial charge < -0.3 is 5.32 Å². The van der Waals surface area contributed by atoms with Gasteiger partial charge in [0.15, 0.2) is 0 Å². The summed E-state index contributed by atoms with van der Waals surface area (Å²) in [6.07, 6.45) is 3.73. The molecule has 4 heteroatoms. The van der Waals surface area contributed by atoms with Gasteiger partial charge in [-0.3, -0.25) is 0 Å². The predicted octanol–water partition coefficient (Wildman–Crippen LogP) is 4.11. The lowest BCUT2D eigenvalue weighted by atomic mass is 10.1. The van der Waals surface area contributed by atoms with E-state index in [1.807, 2.05) is 29.1 Å². The number of hydrogen-bond acceptors (Lipinski definition) is 3. The Morgan fingerprint density at radius 3 is 2.95 bits per heavy atom. The SMILES string of the molecule is CC(Nc1cccc(-n2cccn2)c1)c1ccsc1. The van der Waals surface area contributed by atoms with Crippen LogP contribution in [0.4, 0.5) is 5.69 Å². The lowest BCUT2D eigenvalue weighted by Crippen LogP contribution is -2.06. The van der Waals surface area contributed by atoms with Crippen LogP contribution >= 0.6 is 11.3 Å². The summed E-state index contributed by atoms with van der Waals surface area (Å²) in [5.74, 6) is 0. The number of thiophene rings is 1. The summed E-state index contributed by atoms with van der Waals surface area (Å²) >= 11 is 1.73. The number of aromatic nitrogens is 2. The molecular formula is C15H15N3S. The molecule has 0 aliphatic rings. The summed E-state index contributed by atoms with van der Waals surface area (Å²) in [6, 6.07) is 12.7. The van der Waals surface area contributed by atoms with E-state index in [9.17, 15) is 0 Å². The lowest BCUT2D eigenvalue weighted by Gasteiger charge is -2.15. The molecule has 3 aromatic rings. The Labute approximate surface area is 116 Å². The van der Waals surface area contributed by atoms with Crippen molar-refractivity contribution < 1.29 is 0 Å². The molecule has 2 heterocycles. The maximum Gasteiger partial charge on any atom is 0.0666 e. The Hall–Kier alpha value is -2.07. The molecule has 0 spiro atoms. The molecule has 3 nitrogen and oxygen atoms in total. The second-order valence-electron chi connectivity index (χ2n) is 4.42. The van der Waals surface area contributed by atoms with E-state index in [1.165, 1.54) is 5.56 Å². The largest absolute Gasteiger partial charge is 0.378 e. The highest BCUT2D eigenvalue weighted by Crippen LogP contribution is 2.22. The third-order valence-corrected chi connectivity index (χ3v) is 3.74. The number of rotatable bonds is 4. The first kappa shape index (κ1) is 12.0. The van der Waals surface area contributed by atoms with Gasteiger partial charge in [-0.15, -0.1) is 0 Å². The van der Waals surface area contributed by atoms with Crippen LogP contribution in [-0.2, 0) is 0 Å². The first-order chi connectivity index (χ1) is 9.33. The highest BCUT2D eigenvalue weighted by atomic mass is 32.1. The molecule has 2 aromatic heterocycles. The van der Waals surface area contributed by atoms with Crippen molar-refractivity contribution in [2.24, 2.45) is 0 Å². The van der Waals surface area contributed by atoms with Gasteiger partial charge in [-0.05, 0) is 53.6 Å². The molecule has 96 valence electrons. The first-order valence-corrected chi connectivity index (χ1v) is 7.16. The third-order valence-electron chi connectivity index (χ3n) is 3.04. The van der Waals surface area contributed by atoms with Crippen molar-refractivity contribution in [3.63, 3.8) is 0 Å². The Bertz CT molecular complexity index is 629. The van der Waals surface area contributed by atoms with E-state index in [1.54, 1.807) is 17.5 Å². The van der Waals surface area contributed by atoms with Crippen molar-refractivity contribution in [1.82, 2.24) is 9.78 Å². The van der Waals surface area contributed by atoms with E-state index in [2.05, 4.69) is 46.3 Å². The van der Waals surface area contributed by atoms with Gasteiger partial charge in [0.2, 0.25) is 0 Å². The van der Waals surface area contributed by atoms with Gasteiger partial charge in [0.05, 0.1) is 5.69 Å². The number of nitrogens with zero attached hydrogens (tertiary/aromatic N) is 2. The quantitative estimate of drug-likeness (QED) is 0.772. The van der Waals surface area contributed by atoms with Gasteiger partial charge in [-0.1, -0.05) is 6.07 Å². The summed E-state index contributed by atoms with van der Waals surface area (Å²) in [4.78, 5) is 0. The minimum atomic E-state index is 0.305. The second kappa shape index (κ2) is 5.28. The average molecular weight is 269 g/mol. The topological polar surface area (TPSA) is 29.9 Å². The summed E-state index contributed by atoms with van der Waals surface area (Å²) < 4.78 is 1.86. The molecule has 1 unspecified atom stereocenters. The molecule has 0 aliphatic carbocycles. The molecule has 0 radical (unpaired) electrons. The van der Waals surface area contributed by atoms with Crippen molar-refractivity contribution in [2.45, 2.75) is 13.0 Å². The number of hydrogen-bond donors (Lipinski definition) is 1. The number of anilines is 1. The molecule has 19 heavy (non-hydrogen) atoms. The summed E-state index contributed by atoms with van der Waals surface area (Å²) in [7, 11) is 0. The zero-order valence-corrected chi connectivity index (χ0v) is 11.5. The van der Waals surface area contributed by atoms with Crippen LogP contribution in [-0.4, -0.2) is 9.78 Å². The standard InChI is InChI=1S/C15H15N3S/c1-12(13-6-9-19-11-13)17-14-4-2-5-15(10-14)18-8-3-7-16-18/h2-12,17H,1H3. The van der Waals surface area contributed by atoms with Crippen LogP contribution in [0.25, 0.3) is 5.69 Å². The molecule has 0 fully saturated rings. The fourth-order valence-corrected chi connectivity index (χ4v) is 2.77. The van der Waals surface area contributed by atoms with Gasteiger partial charge in [0.25, 0.3) is 0 Å². The van der Waals surface area contributed by atoms with Crippen molar-refractivity contribution in [2.75, 3.05) is 5.32 Å². The van der Waals surface area contributed by atoms with E-state index in [4.69, 9.17) is 0 Å². The predicted molar refractivity (Wildman–Crippen MR) is 79.9 cm³/mol. The van der Waals surface area contributed by atoms with Gasteiger partial charge >= 0.3 is 0 Å². The normalized spacial score (nSPS) is 12.3. The van der Waals surface area contributed by atoms with Crippen LogP contribution in [0.2, 0.25) is 0 Å². The molecule has 0 saturated heterocycles. The smallest absolute Gasteiger partial charge is 0.0666 e. The van der Waals surface area contributed by atoms with Gasteiger partial charge in [-0.2, -0.15) is 16.4 Å². The Morgan fingerprint density at radius 1 is 1.26 bits per heavy atom. The maximum absolute atomic E-state index is 4.25. The molecule has 1 atom stereocenters. The maximum atomic E-state index is 4.25. The molecule has 0 aliphatic heterocycles. The van der Waals surface area contributed by atoms with Crippen molar-refractivity contribution in [3.8, 4) is 5.69 Å². The Kier molecular flexibility index (Phi) is 3.33. The molecule has 0 saturated carbocycles. The Balaban J connectivity index is 1.80. The van der Waals surface area contributed by atoms with Gasteiger partial charge in [0, 0.05) is 24.1 Å². The highest BCUT2D eigenvalue weighted by Gasteiger charge is 2.06. The lowest BCUT2D eigenvalue weighted by molar-refractivity contribution is 0.871. The average Bonchev–Trinajstić information content (AvgIpc) is 3.13. The van der Waals surface area contributed by atoms with Crippen LogP contribution < -0.4 is 5.32 Å². The van der Waals surface area contributed by atoms with E-state index in [0.717, 1.165) is 11.4 Å². The number of benzene rings is 1. The summed E-state index contributed by atoms with van der Waals surface area (Å²) in [5, 5.41) is 12.0. The van der Waals surface area contributed by atoms with E-state index < -0.39 is 0 Å². The van der Waals surface area contributed by atoms with Crippen LogP contribution in [0, 0.1) is 0 Å². The fraction of sp³-hybridized carbons (Fsp3) is 0.133. The van der Waals surface area contributed by atoms with Gasteiger partial charge in [0.1, 0.15) is 0 Å². The van der Waals surface area contributed by atoms with Crippen molar-refractivity contribution in [3.05, 3.63) is 65.1 Å².